The molecule has 2 aromatic carbocycles. The number of hydrogen-bond donors (Lipinski definition) is 2. The minimum Gasteiger partial charge on any atom is -0.478 e. The molecule has 3 nitrogen and oxygen atoms in total. The molecule has 0 amide bonds. The molecule has 2 N–H and O–H groups in total. The summed E-state index contributed by atoms with van der Waals surface area (Å²) < 4.78 is 1.05. The number of rotatable bonds is 4. The second-order valence-electron chi connectivity index (χ2n) is 3.76. The maximum absolute atomic E-state index is 10.3. The summed E-state index contributed by atoms with van der Waals surface area (Å²) in [6, 6.07) is 12.0. The van der Waals surface area contributed by atoms with Crippen molar-refractivity contribution in [3.05, 3.63) is 53.0 Å². The number of carbonyl (C=O) groups is 1. The summed E-state index contributed by atoms with van der Waals surface area (Å²) >= 11 is 3.51. The Morgan fingerprint density at radius 2 is 1.94 bits per heavy atom. The highest BCUT2D eigenvalue weighted by atomic mass is 79.9. The quantitative estimate of drug-likeness (QED) is 0.848. The minimum atomic E-state index is -0.933. The summed E-state index contributed by atoms with van der Waals surface area (Å²) in [4.78, 5) is 10.3. The van der Waals surface area contributed by atoms with Gasteiger partial charge in [0.15, 0.2) is 0 Å². The first-order chi connectivity index (χ1) is 8.68. The molecule has 0 heterocycles. The number of nitrogens with one attached hydrogen (secondary N) is 1. The number of hydrogen-bond acceptors (Lipinski definition) is 2. The Bertz CT molecular complexity index is 608. The highest BCUT2D eigenvalue weighted by molar-refractivity contribution is 9.10. The van der Waals surface area contributed by atoms with Crippen molar-refractivity contribution in [2.75, 3.05) is 11.9 Å². The molecule has 0 radical (unpaired) electrons. The van der Waals surface area contributed by atoms with E-state index in [4.69, 9.17) is 5.11 Å². The fraction of sp³-hybridized carbons (Fsp3) is 0.0714. The summed E-state index contributed by atoms with van der Waals surface area (Å²) in [6.45, 7) is 0.484. The van der Waals surface area contributed by atoms with Gasteiger partial charge in [-0.25, -0.2) is 4.79 Å². The molecule has 2 aromatic rings. The molecule has 2 rings (SSSR count). The van der Waals surface area contributed by atoms with Gasteiger partial charge < -0.3 is 10.4 Å². The molecule has 0 aromatic heterocycles. The van der Waals surface area contributed by atoms with Crippen LogP contribution in [0.5, 0.6) is 0 Å². The van der Waals surface area contributed by atoms with E-state index in [2.05, 4.69) is 21.2 Å². The molecule has 0 aliphatic rings. The SMILES string of the molecule is O=C(O)/C=C/CNc1ccc(Br)c2ccccc12. The number of anilines is 1. The largest absolute Gasteiger partial charge is 0.478 e. The van der Waals surface area contributed by atoms with Gasteiger partial charge in [-0.15, -0.1) is 0 Å². The van der Waals surface area contributed by atoms with Gasteiger partial charge in [-0.05, 0) is 17.5 Å². The van der Waals surface area contributed by atoms with Crippen LogP contribution in [0.25, 0.3) is 10.8 Å². The lowest BCUT2D eigenvalue weighted by molar-refractivity contribution is -0.131. The topological polar surface area (TPSA) is 49.3 Å². The summed E-state index contributed by atoms with van der Waals surface area (Å²) in [5, 5.41) is 13.9. The van der Waals surface area contributed by atoms with E-state index >= 15 is 0 Å². The molecular weight excluding hydrogens is 294 g/mol. The fourth-order valence-electron chi connectivity index (χ4n) is 1.75. The molecule has 0 spiro atoms. The van der Waals surface area contributed by atoms with Gasteiger partial charge in [0.1, 0.15) is 0 Å². The molecule has 0 unspecified atom stereocenters. The van der Waals surface area contributed by atoms with E-state index in [0.29, 0.717) is 6.54 Å². The molecule has 0 aliphatic heterocycles. The minimum absolute atomic E-state index is 0.484. The van der Waals surface area contributed by atoms with Crippen LogP contribution in [0.1, 0.15) is 0 Å². The van der Waals surface area contributed by atoms with E-state index in [9.17, 15) is 4.79 Å². The molecule has 4 heteroatoms. The van der Waals surface area contributed by atoms with Gasteiger partial charge in [0.2, 0.25) is 0 Å². The van der Waals surface area contributed by atoms with Crippen LogP contribution in [0.15, 0.2) is 53.0 Å². The van der Waals surface area contributed by atoms with Crippen molar-refractivity contribution in [2.24, 2.45) is 0 Å². The fourth-order valence-corrected chi connectivity index (χ4v) is 2.22. The molecule has 18 heavy (non-hydrogen) atoms. The monoisotopic (exact) mass is 305 g/mol. The van der Waals surface area contributed by atoms with Crippen LogP contribution in [-0.4, -0.2) is 17.6 Å². The number of fused-ring (bicyclic) bond motifs is 1. The van der Waals surface area contributed by atoms with Gasteiger partial charge in [0.05, 0.1) is 0 Å². The van der Waals surface area contributed by atoms with E-state index in [1.807, 2.05) is 36.4 Å². The molecule has 92 valence electrons. The van der Waals surface area contributed by atoms with E-state index in [1.165, 1.54) is 0 Å². The highest BCUT2D eigenvalue weighted by Gasteiger charge is 2.02. The van der Waals surface area contributed by atoms with Gasteiger partial charge in [-0.2, -0.15) is 0 Å². The summed E-state index contributed by atoms with van der Waals surface area (Å²) in [5.74, 6) is -0.933. The maximum Gasteiger partial charge on any atom is 0.328 e. The van der Waals surface area contributed by atoms with E-state index in [1.54, 1.807) is 6.08 Å². The Morgan fingerprint density at radius 1 is 1.22 bits per heavy atom. The van der Waals surface area contributed by atoms with Crippen molar-refractivity contribution < 1.29 is 9.90 Å². The van der Waals surface area contributed by atoms with E-state index < -0.39 is 5.97 Å². The van der Waals surface area contributed by atoms with Crippen molar-refractivity contribution in [3.63, 3.8) is 0 Å². The Kier molecular flexibility index (Phi) is 3.99. The Morgan fingerprint density at radius 3 is 2.67 bits per heavy atom. The normalized spacial score (nSPS) is 10.9. The summed E-state index contributed by atoms with van der Waals surface area (Å²) in [5.41, 5.74) is 0.990. The first kappa shape index (κ1) is 12.6. The van der Waals surface area contributed by atoms with Crippen LogP contribution in [0.2, 0.25) is 0 Å². The molecule has 0 saturated carbocycles. The second-order valence-corrected chi connectivity index (χ2v) is 4.62. The standard InChI is InChI=1S/C14H12BrNO2/c15-12-7-8-13(16-9-3-6-14(17)18)11-5-2-1-4-10(11)12/h1-8,16H,9H2,(H,17,18)/b6-3+. The summed E-state index contributed by atoms with van der Waals surface area (Å²) in [7, 11) is 0. The lowest BCUT2D eigenvalue weighted by Gasteiger charge is -2.09. The van der Waals surface area contributed by atoms with Crippen LogP contribution in [0, 0.1) is 0 Å². The second kappa shape index (κ2) is 5.69. The Labute approximate surface area is 113 Å². The first-order valence-corrected chi connectivity index (χ1v) is 6.28. The average Bonchev–Trinajstić information content (AvgIpc) is 2.37. The first-order valence-electron chi connectivity index (χ1n) is 5.49. The van der Waals surface area contributed by atoms with Gasteiger partial charge in [0, 0.05) is 28.2 Å². The Hall–Kier alpha value is -1.81. The van der Waals surface area contributed by atoms with Gasteiger partial charge in [0.25, 0.3) is 0 Å². The van der Waals surface area contributed by atoms with Crippen molar-refractivity contribution in [3.8, 4) is 0 Å². The van der Waals surface area contributed by atoms with Crippen LogP contribution in [0.4, 0.5) is 5.69 Å². The van der Waals surface area contributed by atoms with Gasteiger partial charge >= 0.3 is 5.97 Å². The third-order valence-corrected chi connectivity index (χ3v) is 3.23. The zero-order valence-corrected chi connectivity index (χ0v) is 11.1. The lowest BCUT2D eigenvalue weighted by Crippen LogP contribution is -2.00. The number of carboxylic acid groups (broad SMARTS) is 1. The maximum atomic E-state index is 10.3. The smallest absolute Gasteiger partial charge is 0.328 e. The van der Waals surface area contributed by atoms with Crippen LogP contribution in [-0.2, 0) is 4.79 Å². The third-order valence-electron chi connectivity index (χ3n) is 2.54. The van der Waals surface area contributed by atoms with Crippen molar-refractivity contribution in [1.29, 1.82) is 0 Å². The van der Waals surface area contributed by atoms with Crippen molar-refractivity contribution >= 4 is 38.4 Å². The van der Waals surface area contributed by atoms with Crippen molar-refractivity contribution in [1.82, 2.24) is 0 Å². The molecule has 0 fully saturated rings. The van der Waals surface area contributed by atoms with Crippen LogP contribution < -0.4 is 5.32 Å². The van der Waals surface area contributed by atoms with Gasteiger partial charge in [-0.3, -0.25) is 0 Å². The van der Waals surface area contributed by atoms with Crippen LogP contribution >= 0.6 is 15.9 Å². The van der Waals surface area contributed by atoms with Gasteiger partial charge in [-0.1, -0.05) is 46.3 Å². The number of benzene rings is 2. The molecular formula is C14H12BrNO2. The zero-order valence-electron chi connectivity index (χ0n) is 9.56. The molecule has 0 atom stereocenters. The van der Waals surface area contributed by atoms with E-state index in [0.717, 1.165) is 27.0 Å². The number of halogens is 1. The molecule has 0 bridgehead atoms. The van der Waals surface area contributed by atoms with E-state index in [-0.39, 0.29) is 0 Å². The number of carboxylic acids is 1. The molecule has 0 saturated heterocycles. The number of aliphatic carboxylic acids is 1. The van der Waals surface area contributed by atoms with Crippen molar-refractivity contribution in [2.45, 2.75) is 0 Å². The molecule has 0 aliphatic carbocycles. The third kappa shape index (κ3) is 2.90. The predicted molar refractivity (Wildman–Crippen MR) is 76.9 cm³/mol. The highest BCUT2D eigenvalue weighted by Crippen LogP contribution is 2.29. The summed E-state index contributed by atoms with van der Waals surface area (Å²) in [6.07, 6.45) is 2.72. The lowest BCUT2D eigenvalue weighted by atomic mass is 10.1. The average molecular weight is 306 g/mol. The Balaban J connectivity index is 2.24. The zero-order chi connectivity index (χ0) is 13.0. The predicted octanol–water partition coefficient (Wildman–Crippen LogP) is 3.66. The van der Waals surface area contributed by atoms with Crippen LogP contribution in [0.3, 0.4) is 0 Å².